The number of hydrogen-bond donors (Lipinski definition) is 1. The molecule has 110 valence electrons. The van der Waals surface area contributed by atoms with Crippen molar-refractivity contribution in [1.82, 2.24) is 4.90 Å². The molecule has 1 aliphatic rings. The van der Waals surface area contributed by atoms with E-state index in [4.69, 9.17) is 5.11 Å². The Bertz CT molecular complexity index is 621. The van der Waals surface area contributed by atoms with Gasteiger partial charge in [0.15, 0.2) is 0 Å². The molecule has 1 atom stereocenters. The van der Waals surface area contributed by atoms with E-state index in [9.17, 15) is 14.4 Å². The Labute approximate surface area is 126 Å². The first-order valence-corrected chi connectivity index (χ1v) is 7.36. The van der Waals surface area contributed by atoms with E-state index in [1.165, 1.54) is 17.0 Å². The van der Waals surface area contributed by atoms with Crippen LogP contribution in [-0.2, 0) is 4.79 Å². The van der Waals surface area contributed by atoms with Crippen LogP contribution in [0.1, 0.15) is 36.2 Å². The molecule has 1 heterocycles. The van der Waals surface area contributed by atoms with E-state index in [-0.39, 0.29) is 22.8 Å². The van der Waals surface area contributed by atoms with E-state index in [0.29, 0.717) is 16.9 Å². The fourth-order valence-electron chi connectivity index (χ4n) is 1.92. The Hall–Kier alpha value is -2.08. The number of aromatic carboxylic acids is 1. The number of thioether (sulfide) groups is 1. The molecule has 0 radical (unpaired) electrons. The number of carbonyl (C=O) groups excluding carboxylic acids is 2. The predicted molar refractivity (Wildman–Crippen MR) is 81.0 cm³/mol. The third kappa shape index (κ3) is 3.16. The third-order valence-corrected chi connectivity index (χ3v) is 4.19. The molecular formula is C15H15NO4S. The summed E-state index contributed by atoms with van der Waals surface area (Å²) in [7, 11) is 0. The Morgan fingerprint density at radius 3 is 2.48 bits per heavy atom. The Morgan fingerprint density at radius 2 is 1.95 bits per heavy atom. The second-order valence-electron chi connectivity index (χ2n) is 4.74. The monoisotopic (exact) mass is 305 g/mol. The van der Waals surface area contributed by atoms with Crippen LogP contribution in [0.2, 0.25) is 0 Å². The molecule has 2 amide bonds. The van der Waals surface area contributed by atoms with Gasteiger partial charge in [0.25, 0.3) is 11.1 Å². The Balaban J connectivity index is 2.24. The Morgan fingerprint density at radius 1 is 1.33 bits per heavy atom. The van der Waals surface area contributed by atoms with Crippen molar-refractivity contribution in [3.63, 3.8) is 0 Å². The average molecular weight is 305 g/mol. The minimum Gasteiger partial charge on any atom is -0.478 e. The van der Waals surface area contributed by atoms with E-state index < -0.39 is 5.97 Å². The van der Waals surface area contributed by atoms with Gasteiger partial charge in [-0.1, -0.05) is 19.1 Å². The number of hydrogen-bond acceptors (Lipinski definition) is 4. The fourth-order valence-corrected chi connectivity index (χ4v) is 2.85. The number of amides is 2. The second kappa shape index (κ2) is 6.13. The standard InChI is InChI=1S/C15H15NO4S/c1-3-9(2)16-13(17)12(21-15(16)20)8-10-4-6-11(7-5-10)14(18)19/h4-9H,3H2,1-2H3,(H,18,19)/t9-/m1/s1. The van der Waals surface area contributed by atoms with Crippen LogP contribution in [0, 0.1) is 0 Å². The van der Waals surface area contributed by atoms with Crippen LogP contribution in [-0.4, -0.2) is 33.2 Å². The van der Waals surface area contributed by atoms with Crippen molar-refractivity contribution in [1.29, 1.82) is 0 Å². The van der Waals surface area contributed by atoms with Crippen LogP contribution in [0.25, 0.3) is 6.08 Å². The van der Waals surface area contributed by atoms with Gasteiger partial charge in [0.05, 0.1) is 10.5 Å². The summed E-state index contributed by atoms with van der Waals surface area (Å²) in [5.74, 6) is -1.29. The van der Waals surface area contributed by atoms with E-state index in [1.54, 1.807) is 18.2 Å². The highest BCUT2D eigenvalue weighted by atomic mass is 32.2. The van der Waals surface area contributed by atoms with Gasteiger partial charge >= 0.3 is 5.97 Å². The van der Waals surface area contributed by atoms with Gasteiger partial charge in [0, 0.05) is 6.04 Å². The summed E-state index contributed by atoms with van der Waals surface area (Å²) in [5, 5.41) is 8.57. The molecule has 0 bridgehead atoms. The molecule has 2 rings (SSSR count). The first-order valence-electron chi connectivity index (χ1n) is 6.54. The molecular weight excluding hydrogens is 290 g/mol. The lowest BCUT2D eigenvalue weighted by atomic mass is 10.1. The maximum absolute atomic E-state index is 12.2. The molecule has 1 fully saturated rings. The maximum atomic E-state index is 12.2. The number of nitrogens with zero attached hydrogens (tertiary/aromatic N) is 1. The van der Waals surface area contributed by atoms with Crippen molar-refractivity contribution in [3.05, 3.63) is 40.3 Å². The van der Waals surface area contributed by atoms with Crippen molar-refractivity contribution in [3.8, 4) is 0 Å². The third-order valence-electron chi connectivity index (χ3n) is 3.31. The van der Waals surface area contributed by atoms with Gasteiger partial charge in [-0.25, -0.2) is 4.79 Å². The topological polar surface area (TPSA) is 74.7 Å². The fraction of sp³-hybridized carbons (Fsp3) is 0.267. The van der Waals surface area contributed by atoms with E-state index in [1.807, 2.05) is 13.8 Å². The lowest BCUT2D eigenvalue weighted by molar-refractivity contribution is -0.124. The van der Waals surface area contributed by atoms with Crippen molar-refractivity contribution < 1.29 is 19.5 Å². The molecule has 0 spiro atoms. The molecule has 0 aliphatic carbocycles. The lowest BCUT2D eigenvalue weighted by Crippen LogP contribution is -2.36. The van der Waals surface area contributed by atoms with Gasteiger partial charge in [-0.05, 0) is 48.9 Å². The lowest BCUT2D eigenvalue weighted by Gasteiger charge is -2.19. The summed E-state index contributed by atoms with van der Waals surface area (Å²) in [4.78, 5) is 36.5. The zero-order chi connectivity index (χ0) is 15.6. The van der Waals surface area contributed by atoms with Gasteiger partial charge in [0.2, 0.25) is 0 Å². The number of carboxylic acids is 1. The first kappa shape index (κ1) is 15.3. The summed E-state index contributed by atoms with van der Waals surface area (Å²) < 4.78 is 0. The van der Waals surface area contributed by atoms with Crippen molar-refractivity contribution in [2.75, 3.05) is 0 Å². The van der Waals surface area contributed by atoms with Crippen LogP contribution in [0.5, 0.6) is 0 Å². The summed E-state index contributed by atoms with van der Waals surface area (Å²) in [6.07, 6.45) is 2.32. The van der Waals surface area contributed by atoms with Gasteiger partial charge in [0.1, 0.15) is 0 Å². The molecule has 1 aromatic carbocycles. The number of benzene rings is 1. The van der Waals surface area contributed by atoms with Gasteiger partial charge < -0.3 is 5.11 Å². The summed E-state index contributed by atoms with van der Waals surface area (Å²) in [6, 6.07) is 6.03. The van der Waals surface area contributed by atoms with Crippen LogP contribution in [0.3, 0.4) is 0 Å². The molecule has 21 heavy (non-hydrogen) atoms. The number of carboxylic acid groups (broad SMARTS) is 1. The minimum absolute atomic E-state index is 0.127. The number of carbonyl (C=O) groups is 3. The van der Waals surface area contributed by atoms with Crippen molar-refractivity contribution in [2.45, 2.75) is 26.3 Å². The van der Waals surface area contributed by atoms with Crippen LogP contribution < -0.4 is 0 Å². The van der Waals surface area contributed by atoms with Crippen molar-refractivity contribution >= 4 is 35.0 Å². The highest BCUT2D eigenvalue weighted by Gasteiger charge is 2.37. The van der Waals surface area contributed by atoms with E-state index >= 15 is 0 Å². The van der Waals surface area contributed by atoms with Crippen LogP contribution in [0.15, 0.2) is 29.2 Å². The highest BCUT2D eigenvalue weighted by Crippen LogP contribution is 2.34. The maximum Gasteiger partial charge on any atom is 0.335 e. The minimum atomic E-state index is -1.00. The largest absolute Gasteiger partial charge is 0.478 e. The summed E-state index contributed by atoms with van der Waals surface area (Å²) in [6.45, 7) is 3.75. The molecule has 5 nitrogen and oxygen atoms in total. The first-order chi connectivity index (χ1) is 9.93. The van der Waals surface area contributed by atoms with Gasteiger partial charge in [-0.2, -0.15) is 0 Å². The summed E-state index contributed by atoms with van der Waals surface area (Å²) >= 11 is 0.913. The molecule has 1 N–H and O–H groups in total. The van der Waals surface area contributed by atoms with E-state index in [0.717, 1.165) is 11.8 Å². The quantitative estimate of drug-likeness (QED) is 0.864. The summed E-state index contributed by atoms with van der Waals surface area (Å²) in [5.41, 5.74) is 0.870. The average Bonchev–Trinajstić information content (AvgIpc) is 2.73. The molecule has 0 aromatic heterocycles. The SMILES string of the molecule is CC[C@@H](C)N1C(=O)SC(=Cc2ccc(C(=O)O)cc2)C1=O. The zero-order valence-electron chi connectivity index (χ0n) is 11.7. The normalized spacial score (nSPS) is 18.4. The molecule has 1 saturated heterocycles. The predicted octanol–water partition coefficient (Wildman–Crippen LogP) is 3.22. The molecule has 1 aromatic rings. The molecule has 0 unspecified atom stereocenters. The molecule has 0 saturated carbocycles. The second-order valence-corrected chi connectivity index (χ2v) is 5.73. The van der Waals surface area contributed by atoms with Crippen molar-refractivity contribution in [2.24, 2.45) is 0 Å². The number of imide groups is 1. The smallest absolute Gasteiger partial charge is 0.335 e. The van der Waals surface area contributed by atoms with Crippen LogP contribution in [0.4, 0.5) is 4.79 Å². The number of rotatable bonds is 4. The van der Waals surface area contributed by atoms with E-state index in [2.05, 4.69) is 0 Å². The molecule has 6 heteroatoms. The molecule has 1 aliphatic heterocycles. The zero-order valence-corrected chi connectivity index (χ0v) is 12.5. The Kier molecular flexibility index (Phi) is 4.47. The van der Waals surface area contributed by atoms with Gasteiger partial charge in [-0.15, -0.1) is 0 Å². The highest BCUT2D eigenvalue weighted by molar-refractivity contribution is 8.18. The van der Waals surface area contributed by atoms with Gasteiger partial charge in [-0.3, -0.25) is 14.5 Å². The van der Waals surface area contributed by atoms with Crippen LogP contribution >= 0.6 is 11.8 Å².